The minimum Gasteiger partial charge on any atom is -0.813 e. The Morgan fingerprint density at radius 3 is 1.53 bits per heavy atom. The first-order valence-electron chi connectivity index (χ1n) is 9.63. The first kappa shape index (κ1) is 38.3. The van der Waals surface area contributed by atoms with Crippen molar-refractivity contribution in [3.05, 3.63) is 124 Å². The van der Waals surface area contributed by atoms with Gasteiger partial charge in [0.05, 0.1) is 0 Å². The minimum atomic E-state index is 0. The topological polar surface area (TPSA) is 48.2 Å². The molecule has 12 heteroatoms. The van der Waals surface area contributed by atoms with E-state index in [-0.39, 0.29) is 77.8 Å². The summed E-state index contributed by atoms with van der Waals surface area (Å²) in [5.41, 5.74) is 2.38. The van der Waals surface area contributed by atoms with Crippen molar-refractivity contribution in [1.82, 2.24) is 0 Å². The number of pyridine rings is 2. The summed E-state index contributed by atoms with van der Waals surface area (Å²) in [7, 11) is 0. The normalized spacial score (nSPS) is 9.00. The van der Waals surface area contributed by atoms with Gasteiger partial charge < -0.3 is 13.5 Å². The maximum absolute atomic E-state index is 9.58. The van der Waals surface area contributed by atoms with E-state index in [1.54, 1.807) is 30.5 Å². The number of alkyl halides is 1. The molecule has 0 unspecified atom stereocenters. The van der Waals surface area contributed by atoms with Gasteiger partial charge in [0.2, 0.25) is 12.4 Å². The Morgan fingerprint density at radius 1 is 0.639 bits per heavy atom. The largest absolute Gasteiger partial charge is 1.00 e. The predicted molar refractivity (Wildman–Crippen MR) is 143 cm³/mol. The van der Waals surface area contributed by atoms with Crippen molar-refractivity contribution in [3.63, 3.8) is 0 Å². The van der Waals surface area contributed by atoms with Gasteiger partial charge in [-0.15, -0.1) is 11.6 Å². The molecule has 180 valence electrons. The monoisotopic (exact) mass is 621 g/mol. The van der Waals surface area contributed by atoms with Crippen molar-refractivity contribution in [1.29, 1.82) is 0 Å². The summed E-state index contributed by atoms with van der Waals surface area (Å²) >= 11 is 24.0. The molecule has 0 spiro atoms. The average molecular weight is 623 g/mol. The molecule has 2 heterocycles. The molecule has 0 amide bonds. The van der Waals surface area contributed by atoms with Crippen LogP contribution in [0.2, 0.25) is 15.2 Å². The SMILES string of the molecule is ClCc1ccccc1.O[n+]1cccc(Cl)c1Cl.O[n+]1cccc(Cl)c1SCc1ccccc1.[Na+].[Na+].[SH-]. The number of thioether (sulfide) groups is 1. The third-order valence-electron chi connectivity index (χ3n) is 3.97. The number of hydrogen-bond acceptors (Lipinski definition) is 4. The number of nitrogens with zero attached hydrogens (tertiary/aromatic N) is 2. The molecule has 4 aromatic rings. The molecule has 4 nitrogen and oxygen atoms in total. The molecule has 0 saturated heterocycles. The van der Waals surface area contributed by atoms with Gasteiger partial charge in [0.15, 0.2) is 0 Å². The molecule has 0 bridgehead atoms. The zero-order chi connectivity index (χ0) is 24.1. The Morgan fingerprint density at radius 2 is 1.11 bits per heavy atom. The van der Waals surface area contributed by atoms with Crippen LogP contribution in [0.3, 0.4) is 0 Å². The molecule has 0 radical (unpaired) electrons. The van der Waals surface area contributed by atoms with E-state index in [9.17, 15) is 5.21 Å². The van der Waals surface area contributed by atoms with Crippen LogP contribution in [0.1, 0.15) is 11.1 Å². The van der Waals surface area contributed by atoms with E-state index < -0.39 is 0 Å². The van der Waals surface area contributed by atoms with Crippen molar-refractivity contribution < 1.29 is 79.0 Å². The summed E-state index contributed by atoms with van der Waals surface area (Å²) in [6, 6.07) is 26.7. The molecular weight excluding hydrogens is 600 g/mol. The van der Waals surface area contributed by atoms with Crippen LogP contribution in [-0.4, -0.2) is 10.4 Å². The van der Waals surface area contributed by atoms with Crippen LogP contribution in [0, 0.1) is 0 Å². The van der Waals surface area contributed by atoms with Crippen LogP contribution in [0.5, 0.6) is 0 Å². The van der Waals surface area contributed by atoms with Gasteiger partial charge in [-0.05, 0) is 46.6 Å². The van der Waals surface area contributed by atoms with E-state index in [0.29, 0.717) is 21.0 Å². The molecule has 0 fully saturated rings. The molecule has 0 aliphatic carbocycles. The van der Waals surface area contributed by atoms with E-state index in [2.05, 4.69) is 0 Å². The number of aromatic nitrogens is 2. The maximum Gasteiger partial charge on any atom is 1.00 e. The number of halogens is 4. The van der Waals surface area contributed by atoms with Crippen LogP contribution in [0.15, 0.2) is 102 Å². The summed E-state index contributed by atoms with van der Waals surface area (Å²) in [4.78, 5) is 0. The first-order chi connectivity index (χ1) is 15.9. The number of benzene rings is 2. The number of rotatable bonds is 4. The summed E-state index contributed by atoms with van der Waals surface area (Å²) < 4.78 is 1.81. The molecule has 4 rings (SSSR count). The Bertz CT molecular complexity index is 1100. The second kappa shape index (κ2) is 22.1. The summed E-state index contributed by atoms with van der Waals surface area (Å²) in [6.45, 7) is 0. The third kappa shape index (κ3) is 14.4. The standard InChI is InChI=1S/C12H11ClNOS.C7H7Cl.C5H4Cl2NO.2Na.H2S/c13-11-7-4-8-14(15)12(11)16-9-10-5-2-1-3-6-10;8-6-7-4-2-1-3-5-7;6-4-2-1-3-8(9)5(4)7;;;/h1-8,15H,9H2;1-5H,6H2;1-3,9H;;;1H2/q+1;;3*+1;/p-1. The summed E-state index contributed by atoms with van der Waals surface area (Å²) in [5.74, 6) is 1.39. The van der Waals surface area contributed by atoms with Gasteiger partial charge in [0, 0.05) is 33.2 Å². The third-order valence-corrected chi connectivity index (χ3v) is 6.63. The molecular formula is C24H23Cl4N2Na2O2S2+3. The van der Waals surface area contributed by atoms with E-state index in [4.69, 9.17) is 51.6 Å². The first-order valence-corrected chi connectivity index (χ1v) is 12.3. The quantitative estimate of drug-likeness (QED) is 0.0518. The van der Waals surface area contributed by atoms with Gasteiger partial charge in [0.1, 0.15) is 10.0 Å². The molecule has 0 aliphatic rings. The van der Waals surface area contributed by atoms with Crippen molar-refractivity contribution in [3.8, 4) is 0 Å². The second-order valence-electron chi connectivity index (χ2n) is 6.39. The van der Waals surface area contributed by atoms with Crippen LogP contribution < -0.4 is 68.6 Å². The fourth-order valence-corrected chi connectivity index (χ4v) is 4.01. The zero-order valence-corrected chi connectivity index (χ0v) is 28.5. The molecule has 2 aromatic carbocycles. The van der Waals surface area contributed by atoms with Gasteiger partial charge in [-0.1, -0.05) is 83.9 Å². The molecule has 0 aliphatic heterocycles. The van der Waals surface area contributed by atoms with Gasteiger partial charge in [-0.3, -0.25) is 10.4 Å². The van der Waals surface area contributed by atoms with E-state index in [1.165, 1.54) is 29.1 Å². The Kier molecular flexibility index (Phi) is 23.5. The second-order valence-corrected chi connectivity index (χ2v) is 8.79. The number of hydrogen-bond donors (Lipinski definition) is 2. The fourth-order valence-electron chi connectivity index (χ4n) is 2.34. The molecule has 0 saturated carbocycles. The van der Waals surface area contributed by atoms with Gasteiger partial charge in [-0.2, -0.15) is 0 Å². The van der Waals surface area contributed by atoms with E-state index >= 15 is 0 Å². The van der Waals surface area contributed by atoms with Crippen LogP contribution in [0.4, 0.5) is 0 Å². The van der Waals surface area contributed by atoms with Crippen LogP contribution in [-0.2, 0) is 25.1 Å². The van der Waals surface area contributed by atoms with Crippen molar-refractivity contribution in [2.75, 3.05) is 0 Å². The zero-order valence-electron chi connectivity index (χ0n) is 19.8. The van der Waals surface area contributed by atoms with Crippen LogP contribution in [0.25, 0.3) is 0 Å². The smallest absolute Gasteiger partial charge is 0.813 e. The Balaban J connectivity index is 0. The molecule has 36 heavy (non-hydrogen) atoms. The summed E-state index contributed by atoms with van der Waals surface area (Å²) in [6.07, 6.45) is 2.97. The van der Waals surface area contributed by atoms with E-state index in [1.807, 2.05) is 60.7 Å². The van der Waals surface area contributed by atoms with Crippen molar-refractivity contribution >= 4 is 71.7 Å². The van der Waals surface area contributed by atoms with Crippen molar-refractivity contribution in [2.45, 2.75) is 16.7 Å². The van der Waals surface area contributed by atoms with Crippen LogP contribution >= 0.6 is 58.2 Å². The van der Waals surface area contributed by atoms with Gasteiger partial charge in [0.25, 0.3) is 0 Å². The Hall–Kier alpha value is 0.200. The van der Waals surface area contributed by atoms with Gasteiger partial charge in [-0.25, -0.2) is 0 Å². The van der Waals surface area contributed by atoms with Crippen molar-refractivity contribution in [2.24, 2.45) is 0 Å². The maximum atomic E-state index is 9.58. The van der Waals surface area contributed by atoms with E-state index in [0.717, 1.165) is 15.2 Å². The Labute approximate surface area is 287 Å². The fraction of sp³-hybridized carbons (Fsp3) is 0.0833. The summed E-state index contributed by atoms with van der Waals surface area (Å²) in [5, 5.41) is 20.1. The molecule has 2 aromatic heterocycles. The average Bonchev–Trinajstić information content (AvgIpc) is 2.84. The molecule has 0 atom stereocenters. The minimum absolute atomic E-state index is 0. The predicted octanol–water partition coefficient (Wildman–Crippen LogP) is 0.839. The number of thiol groups is 1. The van der Waals surface area contributed by atoms with Gasteiger partial charge >= 0.3 is 69.3 Å². The molecule has 2 N–H and O–H groups in total.